The number of anilines is 1. The van der Waals surface area contributed by atoms with E-state index in [1.165, 1.54) is 0 Å². The smallest absolute Gasteiger partial charge is 0.407 e. The lowest BCUT2D eigenvalue weighted by molar-refractivity contribution is 0.0505. The summed E-state index contributed by atoms with van der Waals surface area (Å²) in [6, 6.07) is 4.39. The Labute approximate surface area is 154 Å². The number of amides is 1. The third-order valence-corrected chi connectivity index (χ3v) is 4.48. The van der Waals surface area contributed by atoms with Crippen molar-refractivity contribution in [3.63, 3.8) is 0 Å². The molecule has 1 amide bonds. The molecule has 0 unspecified atom stereocenters. The molecule has 0 saturated heterocycles. The van der Waals surface area contributed by atoms with Crippen LogP contribution in [0.2, 0.25) is 0 Å². The summed E-state index contributed by atoms with van der Waals surface area (Å²) in [5, 5.41) is 10.9. The molecule has 2 aromatic heterocycles. The van der Waals surface area contributed by atoms with Crippen molar-refractivity contribution in [2.45, 2.75) is 77.5 Å². The molecular formula is C19H29N5O2. The molecule has 1 fully saturated rings. The van der Waals surface area contributed by atoms with E-state index in [4.69, 9.17) is 4.74 Å². The largest absolute Gasteiger partial charge is 0.444 e. The predicted molar refractivity (Wildman–Crippen MR) is 101 cm³/mol. The van der Waals surface area contributed by atoms with Gasteiger partial charge in [-0.15, -0.1) is 0 Å². The first-order chi connectivity index (χ1) is 12.2. The minimum absolute atomic E-state index is 0.127. The number of carbonyl (C=O) groups excluding carboxylic acids is 1. The highest BCUT2D eigenvalue weighted by Gasteiger charge is 2.28. The summed E-state index contributed by atoms with van der Waals surface area (Å²) in [5.74, 6) is 1.30. The summed E-state index contributed by atoms with van der Waals surface area (Å²) in [6.07, 6.45) is 4.20. The van der Waals surface area contributed by atoms with Gasteiger partial charge in [-0.3, -0.25) is 0 Å². The molecule has 1 aliphatic rings. The third-order valence-electron chi connectivity index (χ3n) is 4.48. The molecule has 3 rings (SSSR count). The Kier molecular flexibility index (Phi) is 5.07. The molecule has 1 saturated carbocycles. The van der Waals surface area contributed by atoms with Crippen LogP contribution in [-0.2, 0) is 4.74 Å². The molecule has 0 aromatic carbocycles. The van der Waals surface area contributed by atoms with E-state index in [0.29, 0.717) is 5.92 Å². The van der Waals surface area contributed by atoms with Crippen molar-refractivity contribution in [2.24, 2.45) is 0 Å². The van der Waals surface area contributed by atoms with Gasteiger partial charge >= 0.3 is 6.09 Å². The lowest BCUT2D eigenvalue weighted by Gasteiger charge is -2.22. The predicted octanol–water partition coefficient (Wildman–Crippen LogP) is 3.71. The van der Waals surface area contributed by atoms with E-state index in [0.717, 1.165) is 36.4 Å². The van der Waals surface area contributed by atoms with Gasteiger partial charge in [0.25, 0.3) is 0 Å². The molecular weight excluding hydrogens is 330 g/mol. The Hall–Kier alpha value is -2.31. The van der Waals surface area contributed by atoms with Crippen molar-refractivity contribution in [3.8, 4) is 0 Å². The second-order valence-corrected chi connectivity index (χ2v) is 8.32. The van der Waals surface area contributed by atoms with Crippen LogP contribution in [-0.4, -0.2) is 38.4 Å². The van der Waals surface area contributed by atoms with Gasteiger partial charge in [0.15, 0.2) is 5.65 Å². The Morgan fingerprint density at radius 3 is 2.73 bits per heavy atom. The van der Waals surface area contributed by atoms with E-state index in [9.17, 15) is 4.79 Å². The Morgan fingerprint density at radius 2 is 2.04 bits per heavy atom. The lowest BCUT2D eigenvalue weighted by atomic mass is 10.1. The van der Waals surface area contributed by atoms with Crippen LogP contribution >= 0.6 is 0 Å². The fraction of sp³-hybridized carbons (Fsp3) is 0.632. The van der Waals surface area contributed by atoms with Crippen LogP contribution < -0.4 is 10.6 Å². The molecule has 0 aliphatic heterocycles. The van der Waals surface area contributed by atoms with Crippen LogP contribution in [0.4, 0.5) is 10.6 Å². The van der Waals surface area contributed by atoms with Crippen LogP contribution in [0.25, 0.3) is 5.65 Å². The average Bonchev–Trinajstić information content (AvgIpc) is 3.14. The summed E-state index contributed by atoms with van der Waals surface area (Å²) in [4.78, 5) is 16.6. The number of fused-ring (bicyclic) bond motifs is 1. The molecule has 0 radical (unpaired) electrons. The fourth-order valence-electron chi connectivity index (χ4n) is 3.26. The summed E-state index contributed by atoms with van der Waals surface area (Å²) >= 11 is 0. The molecule has 26 heavy (non-hydrogen) atoms. The molecule has 142 valence electrons. The normalized spacial score (nSPS) is 20.5. The quantitative estimate of drug-likeness (QED) is 0.870. The number of hydrogen-bond donors (Lipinski definition) is 2. The van der Waals surface area contributed by atoms with Crippen LogP contribution in [0.3, 0.4) is 0 Å². The maximum Gasteiger partial charge on any atom is 0.407 e. The summed E-state index contributed by atoms with van der Waals surface area (Å²) in [7, 11) is 0. The van der Waals surface area contributed by atoms with Gasteiger partial charge in [-0.05, 0) is 46.0 Å². The van der Waals surface area contributed by atoms with E-state index in [-0.39, 0.29) is 18.2 Å². The van der Waals surface area contributed by atoms with Gasteiger partial charge in [0.05, 0.1) is 6.20 Å². The average molecular weight is 359 g/mol. The van der Waals surface area contributed by atoms with E-state index in [1.54, 1.807) is 6.20 Å². The third kappa shape index (κ3) is 4.45. The van der Waals surface area contributed by atoms with Crippen molar-refractivity contribution in [3.05, 3.63) is 24.0 Å². The van der Waals surface area contributed by atoms with Crippen molar-refractivity contribution in [2.75, 3.05) is 5.32 Å². The first kappa shape index (κ1) is 18.5. The zero-order chi connectivity index (χ0) is 18.9. The highest BCUT2D eigenvalue weighted by molar-refractivity contribution is 5.68. The summed E-state index contributed by atoms with van der Waals surface area (Å²) in [5.41, 5.74) is 1.41. The topological polar surface area (TPSA) is 80.5 Å². The van der Waals surface area contributed by atoms with Gasteiger partial charge in [0.1, 0.15) is 11.4 Å². The fourth-order valence-corrected chi connectivity index (χ4v) is 3.26. The van der Waals surface area contributed by atoms with Crippen LogP contribution in [0.1, 0.15) is 65.5 Å². The van der Waals surface area contributed by atoms with Gasteiger partial charge in [-0.2, -0.15) is 9.61 Å². The van der Waals surface area contributed by atoms with Crippen LogP contribution in [0, 0.1) is 0 Å². The Bertz CT molecular complexity index is 778. The van der Waals surface area contributed by atoms with Crippen molar-refractivity contribution in [1.82, 2.24) is 19.9 Å². The number of rotatable bonds is 4. The Balaban J connectivity index is 1.65. The van der Waals surface area contributed by atoms with Gasteiger partial charge in [0.2, 0.25) is 0 Å². The SMILES string of the molecule is CC(C)c1cc(N[C@@H]2CC[C@H](NC(=O)OC(C)(C)C)C2)n2nccc2n1. The maximum atomic E-state index is 12.0. The number of aromatic nitrogens is 3. The first-order valence-electron chi connectivity index (χ1n) is 9.32. The molecule has 0 spiro atoms. The van der Waals surface area contributed by atoms with E-state index < -0.39 is 5.60 Å². The second kappa shape index (κ2) is 7.13. The van der Waals surface area contributed by atoms with Crippen molar-refractivity contribution in [1.29, 1.82) is 0 Å². The van der Waals surface area contributed by atoms with Crippen LogP contribution in [0.15, 0.2) is 18.3 Å². The van der Waals surface area contributed by atoms with E-state index in [1.807, 2.05) is 31.4 Å². The molecule has 2 atom stereocenters. The van der Waals surface area contributed by atoms with Gasteiger partial charge in [-0.1, -0.05) is 13.8 Å². The molecule has 2 aromatic rings. The minimum Gasteiger partial charge on any atom is -0.444 e. The molecule has 2 N–H and O–H groups in total. The van der Waals surface area contributed by atoms with Crippen molar-refractivity contribution >= 4 is 17.6 Å². The number of alkyl carbamates (subject to hydrolysis) is 1. The molecule has 2 heterocycles. The summed E-state index contributed by atoms with van der Waals surface area (Å²) < 4.78 is 7.18. The standard InChI is InChI=1S/C19H29N5O2/c1-12(2)15-11-17(24-16(23-15)8-9-20-24)21-13-6-7-14(10-13)22-18(25)26-19(3,4)5/h8-9,11-14,21H,6-7,10H2,1-5H3,(H,22,25)/t13-,14+/m1/s1. The van der Waals surface area contributed by atoms with Gasteiger partial charge < -0.3 is 15.4 Å². The molecule has 1 aliphatic carbocycles. The highest BCUT2D eigenvalue weighted by atomic mass is 16.6. The highest BCUT2D eigenvalue weighted by Crippen LogP contribution is 2.25. The van der Waals surface area contributed by atoms with E-state index >= 15 is 0 Å². The molecule has 7 heteroatoms. The summed E-state index contributed by atoms with van der Waals surface area (Å²) in [6.45, 7) is 9.88. The Morgan fingerprint density at radius 1 is 1.31 bits per heavy atom. The van der Waals surface area contributed by atoms with E-state index in [2.05, 4.69) is 40.6 Å². The number of hydrogen-bond acceptors (Lipinski definition) is 5. The molecule has 7 nitrogen and oxygen atoms in total. The van der Waals surface area contributed by atoms with Gasteiger partial charge in [0, 0.05) is 29.9 Å². The number of nitrogens with zero attached hydrogens (tertiary/aromatic N) is 3. The first-order valence-corrected chi connectivity index (χ1v) is 9.32. The van der Waals surface area contributed by atoms with Crippen LogP contribution in [0.5, 0.6) is 0 Å². The molecule has 0 bridgehead atoms. The lowest BCUT2D eigenvalue weighted by Crippen LogP contribution is -2.38. The second-order valence-electron chi connectivity index (χ2n) is 8.32. The monoisotopic (exact) mass is 359 g/mol. The van der Waals surface area contributed by atoms with Gasteiger partial charge in [-0.25, -0.2) is 9.78 Å². The minimum atomic E-state index is -0.476. The number of ether oxygens (including phenoxy) is 1. The van der Waals surface area contributed by atoms with Crippen molar-refractivity contribution < 1.29 is 9.53 Å². The zero-order valence-electron chi connectivity index (χ0n) is 16.2. The number of carbonyl (C=O) groups is 1. The maximum absolute atomic E-state index is 12.0. The number of nitrogens with one attached hydrogen (secondary N) is 2. The zero-order valence-corrected chi connectivity index (χ0v) is 16.2.